The van der Waals surface area contributed by atoms with Gasteiger partial charge >= 0.3 is 0 Å². The van der Waals surface area contributed by atoms with Gasteiger partial charge in [-0.05, 0) is 94.0 Å². The summed E-state index contributed by atoms with van der Waals surface area (Å²) in [4.78, 5) is 0. The quantitative estimate of drug-likeness (QED) is 0.408. The summed E-state index contributed by atoms with van der Waals surface area (Å²) in [5, 5.41) is 30.7. The van der Waals surface area contributed by atoms with Crippen LogP contribution in [-0.2, 0) is 11.2 Å². The van der Waals surface area contributed by atoms with Gasteiger partial charge in [-0.25, -0.2) is 0 Å². The molecule has 0 aliphatic rings. The molecule has 2 N–H and O–H groups in total. The summed E-state index contributed by atoms with van der Waals surface area (Å²) in [5.74, 6) is 0. The largest absolute Gasteiger partial charge is 0.386 e. The highest BCUT2D eigenvalue weighted by Crippen LogP contribution is 2.47. The third-order valence-corrected chi connectivity index (χ3v) is 5.72. The van der Waals surface area contributed by atoms with E-state index in [0.29, 0.717) is 0 Å². The van der Waals surface area contributed by atoms with Crippen LogP contribution in [0.5, 0.6) is 0 Å². The predicted molar refractivity (Wildman–Crippen MR) is 109 cm³/mol. The Morgan fingerprint density at radius 2 is 0.885 bits per heavy atom. The van der Waals surface area contributed by atoms with Crippen LogP contribution >= 0.6 is 0 Å². The fourth-order valence-corrected chi connectivity index (χ4v) is 4.61. The minimum Gasteiger partial charge on any atom is -0.386 e. The van der Waals surface area contributed by atoms with Gasteiger partial charge in [0.1, 0.15) is 0 Å². The normalized spacial score (nSPS) is 13.8. The van der Waals surface area contributed by atoms with Crippen LogP contribution < -0.4 is 0 Å². The van der Waals surface area contributed by atoms with Crippen molar-refractivity contribution < 1.29 is 10.2 Å². The molecular weight excluding hydrogens is 320 g/mol. The highest BCUT2D eigenvalue weighted by atomic mass is 16.3. The van der Waals surface area contributed by atoms with Gasteiger partial charge in [-0.2, -0.15) is 0 Å². The van der Waals surface area contributed by atoms with E-state index in [2.05, 4.69) is 48.5 Å². The van der Waals surface area contributed by atoms with Gasteiger partial charge in [0.2, 0.25) is 0 Å². The van der Waals surface area contributed by atoms with Gasteiger partial charge < -0.3 is 10.2 Å². The second-order valence-electron chi connectivity index (χ2n) is 8.52. The van der Waals surface area contributed by atoms with Crippen molar-refractivity contribution >= 4 is 43.1 Å². The van der Waals surface area contributed by atoms with E-state index < -0.39 is 11.2 Å². The molecule has 0 aliphatic carbocycles. The maximum absolute atomic E-state index is 10.7. The molecule has 0 saturated carbocycles. The van der Waals surface area contributed by atoms with E-state index in [1.165, 1.54) is 32.3 Å². The Morgan fingerprint density at radius 3 is 1.23 bits per heavy atom. The minimum atomic E-state index is -0.893. The summed E-state index contributed by atoms with van der Waals surface area (Å²) in [6.07, 6.45) is 0. The van der Waals surface area contributed by atoms with E-state index in [-0.39, 0.29) is 0 Å². The van der Waals surface area contributed by atoms with Gasteiger partial charge in [0.15, 0.2) is 0 Å². The zero-order valence-corrected chi connectivity index (χ0v) is 15.5. The molecule has 5 aromatic rings. The van der Waals surface area contributed by atoms with Gasteiger partial charge in [0, 0.05) is 0 Å². The first-order chi connectivity index (χ1) is 12.2. The monoisotopic (exact) mass is 342 g/mol. The number of benzene rings is 3. The number of rotatable bonds is 2. The summed E-state index contributed by atoms with van der Waals surface area (Å²) in [5.41, 5.74) is 0.147. The smallest absolute Gasteiger partial charge is 0.0846 e. The molecule has 130 valence electrons. The second kappa shape index (κ2) is 4.64. The van der Waals surface area contributed by atoms with Crippen LogP contribution in [0.2, 0.25) is 0 Å². The number of fused-ring (bicyclic) bond motifs is 2. The fraction of sp³-hybridized carbons (Fsp3) is 0.250. The van der Waals surface area contributed by atoms with Crippen LogP contribution in [0, 0.1) is 0 Å². The molecule has 0 amide bonds. The number of aliphatic hydroxyl groups is 2. The van der Waals surface area contributed by atoms with E-state index in [0.717, 1.165) is 21.9 Å². The van der Waals surface area contributed by atoms with Crippen molar-refractivity contribution in [3.63, 3.8) is 0 Å². The van der Waals surface area contributed by atoms with Gasteiger partial charge in [-0.1, -0.05) is 36.4 Å². The lowest BCUT2D eigenvalue weighted by Gasteiger charge is -2.17. The average Bonchev–Trinajstić information content (AvgIpc) is 3.12. The van der Waals surface area contributed by atoms with Crippen LogP contribution in [0.1, 0.15) is 38.8 Å². The average molecular weight is 342 g/mol. The highest BCUT2D eigenvalue weighted by Gasteiger charge is 2.27. The Kier molecular flexibility index (Phi) is 2.82. The van der Waals surface area contributed by atoms with Crippen molar-refractivity contribution in [1.82, 2.24) is 0 Å². The van der Waals surface area contributed by atoms with Crippen LogP contribution in [0.3, 0.4) is 0 Å². The Morgan fingerprint density at radius 1 is 0.538 bits per heavy atom. The third kappa shape index (κ3) is 1.89. The second-order valence-corrected chi connectivity index (χ2v) is 8.52. The molecule has 0 spiro atoms. The van der Waals surface area contributed by atoms with E-state index in [4.69, 9.17) is 0 Å². The van der Waals surface area contributed by atoms with Gasteiger partial charge in [-0.3, -0.25) is 0 Å². The summed E-state index contributed by atoms with van der Waals surface area (Å²) in [7, 11) is 0. The summed E-state index contributed by atoms with van der Waals surface area (Å²) in [6, 6.07) is 16.9. The molecule has 0 bridgehead atoms. The van der Waals surface area contributed by atoms with E-state index in [1.807, 2.05) is 27.7 Å². The molecule has 2 heteroatoms. The number of hydrogen-bond donors (Lipinski definition) is 2. The Bertz CT molecular complexity index is 1180. The minimum absolute atomic E-state index is 0.893. The van der Waals surface area contributed by atoms with Crippen LogP contribution in [0.15, 0.2) is 48.5 Å². The molecular formula is C24H22O2. The van der Waals surface area contributed by atoms with Crippen LogP contribution in [0.4, 0.5) is 0 Å². The molecule has 0 unspecified atom stereocenters. The van der Waals surface area contributed by atoms with Crippen molar-refractivity contribution in [2.24, 2.45) is 0 Å². The lowest BCUT2D eigenvalue weighted by Crippen LogP contribution is -2.14. The van der Waals surface area contributed by atoms with Crippen molar-refractivity contribution in [1.29, 1.82) is 0 Å². The lowest BCUT2D eigenvalue weighted by molar-refractivity contribution is 0.0799. The van der Waals surface area contributed by atoms with Gasteiger partial charge in [-0.15, -0.1) is 0 Å². The van der Waals surface area contributed by atoms with E-state index in [9.17, 15) is 10.2 Å². The number of hydrogen-bond acceptors (Lipinski definition) is 2. The van der Waals surface area contributed by atoms with Crippen LogP contribution in [0.25, 0.3) is 43.1 Å². The van der Waals surface area contributed by atoms with Gasteiger partial charge in [0.25, 0.3) is 0 Å². The zero-order valence-electron chi connectivity index (χ0n) is 15.5. The topological polar surface area (TPSA) is 40.5 Å². The molecule has 0 radical (unpaired) electrons. The Hall–Kier alpha value is -2.42. The Balaban J connectivity index is 2.10. The standard InChI is InChI=1S/C24H22O2/c1-23(2,25)19-11-17-13-8-6-10-16-20(24(3,4)26)12-18(22(13)16)14-7-5-9-15(19)21(14)17/h5-12,25-26H,1-4H3. The molecule has 0 fully saturated rings. The van der Waals surface area contributed by atoms with Crippen molar-refractivity contribution in [2.75, 3.05) is 0 Å². The lowest BCUT2D eigenvalue weighted by atomic mass is 9.95. The van der Waals surface area contributed by atoms with E-state index >= 15 is 0 Å². The molecule has 0 atom stereocenters. The van der Waals surface area contributed by atoms with Crippen molar-refractivity contribution in [2.45, 2.75) is 38.9 Å². The summed E-state index contributed by atoms with van der Waals surface area (Å²) in [6.45, 7) is 7.37. The molecule has 5 aromatic carbocycles. The van der Waals surface area contributed by atoms with Gasteiger partial charge in [0.05, 0.1) is 11.2 Å². The first-order valence-electron chi connectivity index (χ1n) is 9.09. The fourth-order valence-electron chi connectivity index (χ4n) is 4.61. The van der Waals surface area contributed by atoms with Crippen LogP contribution in [-0.4, -0.2) is 10.2 Å². The molecule has 0 aliphatic heterocycles. The first-order valence-corrected chi connectivity index (χ1v) is 9.09. The maximum Gasteiger partial charge on any atom is 0.0846 e. The molecule has 26 heavy (non-hydrogen) atoms. The molecule has 5 rings (SSSR count). The predicted octanol–water partition coefficient (Wildman–Crippen LogP) is 5.63. The molecule has 2 nitrogen and oxygen atoms in total. The Labute approximate surface area is 152 Å². The van der Waals surface area contributed by atoms with Crippen molar-refractivity contribution in [3.05, 3.63) is 59.7 Å². The maximum atomic E-state index is 10.7. The zero-order chi connectivity index (χ0) is 18.4. The highest BCUT2D eigenvalue weighted by molar-refractivity contribution is 6.35. The van der Waals surface area contributed by atoms with Crippen molar-refractivity contribution in [3.8, 4) is 0 Å². The molecule has 0 heterocycles. The third-order valence-electron chi connectivity index (χ3n) is 5.72. The summed E-state index contributed by atoms with van der Waals surface area (Å²) < 4.78 is 0. The van der Waals surface area contributed by atoms with E-state index in [1.54, 1.807) is 0 Å². The molecule has 0 aromatic heterocycles. The first kappa shape index (κ1) is 15.8. The SMILES string of the molecule is CC(C)(O)c1cc2c3cccc4c(C(C)(C)O)cc(c5cccc1c52)c43. The molecule has 0 saturated heterocycles. The summed E-state index contributed by atoms with van der Waals surface area (Å²) >= 11 is 0.